The van der Waals surface area contributed by atoms with Crippen LogP contribution in [0.4, 0.5) is 11.8 Å². The van der Waals surface area contributed by atoms with E-state index in [2.05, 4.69) is 36.7 Å². The largest absolute Gasteiger partial charge is 0.353 e. The van der Waals surface area contributed by atoms with Crippen LogP contribution in [0, 0.1) is 6.92 Å². The summed E-state index contributed by atoms with van der Waals surface area (Å²) in [5.74, 6) is 2.72. The van der Waals surface area contributed by atoms with Crippen molar-refractivity contribution in [3.05, 3.63) is 36.0 Å². The van der Waals surface area contributed by atoms with Gasteiger partial charge in [0.2, 0.25) is 5.95 Å². The third kappa shape index (κ3) is 2.94. The Morgan fingerprint density at radius 3 is 2.33 bits per heavy atom. The highest BCUT2D eigenvalue weighted by molar-refractivity contribution is 5.48. The van der Waals surface area contributed by atoms with Gasteiger partial charge in [-0.05, 0) is 19.4 Å². The van der Waals surface area contributed by atoms with E-state index in [1.165, 1.54) is 5.56 Å². The van der Waals surface area contributed by atoms with Crippen LogP contribution in [0.2, 0.25) is 0 Å². The lowest BCUT2D eigenvalue weighted by Gasteiger charge is -2.36. The van der Waals surface area contributed by atoms with E-state index in [4.69, 9.17) is 0 Å². The van der Waals surface area contributed by atoms with Gasteiger partial charge in [0.25, 0.3) is 0 Å². The highest BCUT2D eigenvalue weighted by Gasteiger charge is 2.21. The minimum atomic E-state index is 0.812. The summed E-state index contributed by atoms with van der Waals surface area (Å²) < 4.78 is 0. The van der Waals surface area contributed by atoms with Gasteiger partial charge >= 0.3 is 0 Å². The molecule has 2 aromatic rings. The molecule has 0 unspecified atom stereocenters. The number of aryl methyl sites for hydroxylation is 2. The monoisotopic (exact) mass is 284 g/mol. The fourth-order valence-electron chi connectivity index (χ4n) is 2.58. The SMILES string of the molecule is CCc1cnc(C)nc1N1CCN(c2ncccn2)CC1. The van der Waals surface area contributed by atoms with Crippen LogP contribution in [0.3, 0.4) is 0 Å². The molecule has 0 spiro atoms. The molecule has 0 amide bonds. The van der Waals surface area contributed by atoms with Crippen LogP contribution < -0.4 is 9.80 Å². The maximum atomic E-state index is 4.63. The molecule has 3 heterocycles. The zero-order valence-corrected chi connectivity index (χ0v) is 12.5. The third-order valence-corrected chi connectivity index (χ3v) is 3.76. The number of hydrogen-bond acceptors (Lipinski definition) is 6. The Morgan fingerprint density at radius 1 is 1.00 bits per heavy atom. The standard InChI is InChI=1S/C15H20N6/c1-3-13-11-18-12(2)19-14(13)20-7-9-21(10-8-20)15-16-5-4-6-17-15/h4-6,11H,3,7-10H2,1-2H3. The Hall–Kier alpha value is -2.24. The summed E-state index contributed by atoms with van der Waals surface area (Å²) in [6.07, 6.45) is 6.48. The third-order valence-electron chi connectivity index (χ3n) is 3.76. The van der Waals surface area contributed by atoms with Crippen molar-refractivity contribution in [3.8, 4) is 0 Å². The van der Waals surface area contributed by atoms with E-state index in [-0.39, 0.29) is 0 Å². The lowest BCUT2D eigenvalue weighted by atomic mass is 10.2. The van der Waals surface area contributed by atoms with Gasteiger partial charge in [-0.3, -0.25) is 0 Å². The van der Waals surface area contributed by atoms with E-state index < -0.39 is 0 Å². The van der Waals surface area contributed by atoms with Crippen molar-refractivity contribution in [2.45, 2.75) is 20.3 Å². The number of piperazine rings is 1. The second-order valence-corrected chi connectivity index (χ2v) is 5.14. The average Bonchev–Trinajstić information content (AvgIpc) is 2.56. The van der Waals surface area contributed by atoms with Gasteiger partial charge in [-0.1, -0.05) is 6.92 Å². The van der Waals surface area contributed by atoms with Gasteiger partial charge in [-0.25, -0.2) is 19.9 Å². The van der Waals surface area contributed by atoms with Crippen LogP contribution in [0.5, 0.6) is 0 Å². The van der Waals surface area contributed by atoms with E-state index in [1.807, 2.05) is 19.2 Å². The van der Waals surface area contributed by atoms with Gasteiger partial charge < -0.3 is 9.80 Å². The van der Waals surface area contributed by atoms with Crippen molar-refractivity contribution in [2.24, 2.45) is 0 Å². The predicted molar refractivity (Wildman–Crippen MR) is 82.6 cm³/mol. The highest BCUT2D eigenvalue weighted by Crippen LogP contribution is 2.20. The number of rotatable bonds is 3. The molecule has 21 heavy (non-hydrogen) atoms. The number of hydrogen-bond donors (Lipinski definition) is 0. The first kappa shape index (κ1) is 13.7. The quantitative estimate of drug-likeness (QED) is 0.850. The molecule has 0 radical (unpaired) electrons. The van der Waals surface area contributed by atoms with Crippen molar-refractivity contribution >= 4 is 11.8 Å². The Balaban J connectivity index is 1.73. The van der Waals surface area contributed by atoms with Crippen molar-refractivity contribution in [2.75, 3.05) is 36.0 Å². The molecular weight excluding hydrogens is 264 g/mol. The second-order valence-electron chi connectivity index (χ2n) is 5.14. The first-order chi connectivity index (χ1) is 10.3. The molecule has 2 aromatic heterocycles. The molecular formula is C15H20N6. The zero-order valence-electron chi connectivity index (χ0n) is 12.5. The van der Waals surface area contributed by atoms with Gasteiger partial charge in [0.1, 0.15) is 11.6 Å². The Labute approximate surface area is 124 Å². The first-order valence-corrected chi connectivity index (χ1v) is 7.37. The van der Waals surface area contributed by atoms with Gasteiger partial charge in [0.05, 0.1) is 0 Å². The van der Waals surface area contributed by atoms with Crippen molar-refractivity contribution in [3.63, 3.8) is 0 Å². The summed E-state index contributed by atoms with van der Waals surface area (Å²) in [6.45, 7) is 7.78. The molecule has 0 N–H and O–H groups in total. The maximum Gasteiger partial charge on any atom is 0.225 e. The predicted octanol–water partition coefficient (Wildman–Crippen LogP) is 1.46. The number of aromatic nitrogens is 4. The molecule has 0 bridgehead atoms. The molecule has 110 valence electrons. The van der Waals surface area contributed by atoms with Gasteiger partial charge in [-0.15, -0.1) is 0 Å². The fourth-order valence-corrected chi connectivity index (χ4v) is 2.58. The lowest BCUT2D eigenvalue weighted by Crippen LogP contribution is -2.47. The molecule has 0 aromatic carbocycles. The lowest BCUT2D eigenvalue weighted by molar-refractivity contribution is 0.630. The van der Waals surface area contributed by atoms with Crippen LogP contribution in [0.1, 0.15) is 18.3 Å². The summed E-state index contributed by atoms with van der Waals surface area (Å²) >= 11 is 0. The van der Waals surface area contributed by atoms with Gasteiger partial charge in [-0.2, -0.15) is 0 Å². The molecule has 6 nitrogen and oxygen atoms in total. The minimum absolute atomic E-state index is 0.812. The van der Waals surface area contributed by atoms with E-state index in [0.717, 1.165) is 50.2 Å². The molecule has 1 saturated heterocycles. The Morgan fingerprint density at radius 2 is 1.67 bits per heavy atom. The van der Waals surface area contributed by atoms with Gasteiger partial charge in [0, 0.05) is 50.3 Å². The smallest absolute Gasteiger partial charge is 0.225 e. The van der Waals surface area contributed by atoms with Crippen LogP contribution in [-0.4, -0.2) is 46.1 Å². The second kappa shape index (κ2) is 6.03. The summed E-state index contributed by atoms with van der Waals surface area (Å²) in [6, 6.07) is 1.84. The van der Waals surface area contributed by atoms with Crippen molar-refractivity contribution in [1.29, 1.82) is 0 Å². The summed E-state index contributed by atoms with van der Waals surface area (Å²) in [5, 5.41) is 0. The molecule has 6 heteroatoms. The Kier molecular flexibility index (Phi) is 3.94. The average molecular weight is 284 g/mol. The minimum Gasteiger partial charge on any atom is -0.353 e. The van der Waals surface area contributed by atoms with E-state index in [9.17, 15) is 0 Å². The highest BCUT2D eigenvalue weighted by atomic mass is 15.3. The molecule has 1 aliphatic heterocycles. The van der Waals surface area contributed by atoms with Crippen LogP contribution >= 0.6 is 0 Å². The van der Waals surface area contributed by atoms with Crippen molar-refractivity contribution in [1.82, 2.24) is 19.9 Å². The molecule has 1 aliphatic rings. The fraction of sp³-hybridized carbons (Fsp3) is 0.467. The molecule has 1 fully saturated rings. The summed E-state index contributed by atoms with van der Waals surface area (Å²) in [7, 11) is 0. The maximum absolute atomic E-state index is 4.63. The number of nitrogens with zero attached hydrogens (tertiary/aromatic N) is 6. The molecule has 0 atom stereocenters. The van der Waals surface area contributed by atoms with Crippen LogP contribution in [-0.2, 0) is 6.42 Å². The van der Waals surface area contributed by atoms with E-state index in [0.29, 0.717) is 0 Å². The molecule has 0 aliphatic carbocycles. The zero-order chi connectivity index (χ0) is 14.7. The first-order valence-electron chi connectivity index (χ1n) is 7.37. The van der Waals surface area contributed by atoms with Crippen molar-refractivity contribution < 1.29 is 0 Å². The van der Waals surface area contributed by atoms with Crippen LogP contribution in [0.25, 0.3) is 0 Å². The van der Waals surface area contributed by atoms with Crippen LogP contribution in [0.15, 0.2) is 24.7 Å². The summed E-state index contributed by atoms with van der Waals surface area (Å²) in [5.41, 5.74) is 1.21. The number of anilines is 2. The molecule has 0 saturated carbocycles. The topological polar surface area (TPSA) is 58.0 Å². The summed E-state index contributed by atoms with van der Waals surface area (Å²) in [4.78, 5) is 22.1. The van der Waals surface area contributed by atoms with Gasteiger partial charge in [0.15, 0.2) is 0 Å². The van der Waals surface area contributed by atoms with E-state index >= 15 is 0 Å². The molecule has 3 rings (SSSR count). The Bertz CT molecular complexity index is 592. The normalized spacial score (nSPS) is 15.3. The van der Waals surface area contributed by atoms with E-state index in [1.54, 1.807) is 12.4 Å².